The van der Waals surface area contributed by atoms with Gasteiger partial charge in [-0.25, -0.2) is 4.98 Å². The van der Waals surface area contributed by atoms with E-state index in [4.69, 9.17) is 11.6 Å². The number of thioether (sulfide) groups is 1. The lowest BCUT2D eigenvalue weighted by Crippen LogP contribution is -2.20. The van der Waals surface area contributed by atoms with Gasteiger partial charge in [-0.05, 0) is 30.0 Å². The lowest BCUT2D eigenvalue weighted by molar-refractivity contribution is -0.113. The van der Waals surface area contributed by atoms with Crippen LogP contribution >= 0.6 is 34.7 Å². The van der Waals surface area contributed by atoms with Crippen LogP contribution in [0.15, 0.2) is 39.6 Å². The molecule has 1 aromatic carbocycles. The summed E-state index contributed by atoms with van der Waals surface area (Å²) in [6.45, 7) is 1.88. The number of amides is 1. The van der Waals surface area contributed by atoms with Gasteiger partial charge in [0.2, 0.25) is 5.91 Å². The fraction of sp³-hybridized carbons (Fsp3) is 0.188. The summed E-state index contributed by atoms with van der Waals surface area (Å²) in [5.74, 6) is -0.0588. The number of halogens is 1. The lowest BCUT2D eigenvalue weighted by Gasteiger charge is -2.10. The number of hydrogen-bond donors (Lipinski definition) is 1. The van der Waals surface area contributed by atoms with Crippen molar-refractivity contribution in [3.8, 4) is 0 Å². The quantitative estimate of drug-likeness (QED) is 0.554. The summed E-state index contributed by atoms with van der Waals surface area (Å²) in [4.78, 5) is 28.9. The average Bonchev–Trinajstić information content (AvgIpc) is 3.02. The van der Waals surface area contributed by atoms with Gasteiger partial charge in [0.05, 0.1) is 22.0 Å². The van der Waals surface area contributed by atoms with Crippen LogP contribution in [-0.4, -0.2) is 21.2 Å². The van der Waals surface area contributed by atoms with Gasteiger partial charge in [-0.15, -0.1) is 11.3 Å². The molecule has 124 valence electrons. The zero-order valence-electron chi connectivity index (χ0n) is 13.0. The second kappa shape index (κ2) is 6.96. The number of nitrogens with zero attached hydrogens (tertiary/aromatic N) is 2. The van der Waals surface area contributed by atoms with E-state index in [9.17, 15) is 9.59 Å². The highest BCUT2D eigenvalue weighted by Gasteiger charge is 2.13. The topological polar surface area (TPSA) is 64.0 Å². The van der Waals surface area contributed by atoms with Crippen molar-refractivity contribution in [2.45, 2.75) is 12.1 Å². The van der Waals surface area contributed by atoms with E-state index >= 15 is 0 Å². The number of nitrogens with one attached hydrogen (secondary N) is 1. The highest BCUT2D eigenvalue weighted by Crippen LogP contribution is 2.26. The van der Waals surface area contributed by atoms with Crippen molar-refractivity contribution in [3.05, 3.63) is 50.6 Å². The maximum Gasteiger partial charge on any atom is 0.271 e. The number of para-hydroxylation sites is 1. The molecule has 0 radical (unpaired) electrons. The summed E-state index contributed by atoms with van der Waals surface area (Å²) in [6.07, 6.45) is 0. The molecule has 0 spiro atoms. The first kappa shape index (κ1) is 17.0. The summed E-state index contributed by atoms with van der Waals surface area (Å²) in [5.41, 5.74) is 2.07. The van der Waals surface area contributed by atoms with Gasteiger partial charge < -0.3 is 5.32 Å². The summed E-state index contributed by atoms with van der Waals surface area (Å²) in [5, 5.41) is 5.65. The molecule has 5 nitrogen and oxygen atoms in total. The van der Waals surface area contributed by atoms with Crippen LogP contribution in [0.3, 0.4) is 0 Å². The molecule has 0 unspecified atom stereocenters. The Balaban J connectivity index is 1.75. The van der Waals surface area contributed by atoms with Gasteiger partial charge in [0.15, 0.2) is 5.16 Å². The number of hydrogen-bond acceptors (Lipinski definition) is 5. The van der Waals surface area contributed by atoms with Crippen LogP contribution in [0.5, 0.6) is 0 Å². The molecule has 1 amide bonds. The normalized spacial score (nSPS) is 11.0. The number of aryl methyl sites for hydroxylation is 1. The Morgan fingerprint density at radius 1 is 1.42 bits per heavy atom. The number of benzene rings is 1. The first-order valence-corrected chi connectivity index (χ1v) is 9.33. The van der Waals surface area contributed by atoms with Gasteiger partial charge in [-0.1, -0.05) is 35.5 Å². The van der Waals surface area contributed by atoms with Gasteiger partial charge in [-0.2, -0.15) is 0 Å². The number of carbonyl (C=O) groups is 1. The largest absolute Gasteiger partial charge is 0.324 e. The number of fused-ring (bicyclic) bond motifs is 1. The minimum absolute atomic E-state index is 0.0974. The third-order valence-corrected chi connectivity index (χ3v) is 5.70. The molecule has 0 aliphatic heterocycles. The Morgan fingerprint density at radius 3 is 2.96 bits per heavy atom. The van der Waals surface area contributed by atoms with Gasteiger partial charge >= 0.3 is 0 Å². The molecule has 0 atom stereocenters. The average molecular weight is 380 g/mol. The molecule has 24 heavy (non-hydrogen) atoms. The monoisotopic (exact) mass is 379 g/mol. The van der Waals surface area contributed by atoms with Crippen molar-refractivity contribution in [2.24, 2.45) is 7.05 Å². The molecule has 3 aromatic rings. The number of carbonyl (C=O) groups excluding carboxylic acids is 1. The minimum Gasteiger partial charge on any atom is -0.324 e. The van der Waals surface area contributed by atoms with Crippen LogP contribution in [0.1, 0.15) is 5.56 Å². The second-order valence-corrected chi connectivity index (χ2v) is 7.43. The molecule has 0 saturated carbocycles. The van der Waals surface area contributed by atoms with Crippen molar-refractivity contribution < 1.29 is 4.79 Å². The maximum absolute atomic E-state index is 12.2. The Bertz CT molecular complexity index is 961. The molecule has 0 aliphatic carbocycles. The van der Waals surface area contributed by atoms with Crippen molar-refractivity contribution in [3.63, 3.8) is 0 Å². The van der Waals surface area contributed by atoms with E-state index in [-0.39, 0.29) is 17.2 Å². The van der Waals surface area contributed by atoms with Crippen molar-refractivity contribution >= 4 is 56.5 Å². The van der Waals surface area contributed by atoms with E-state index in [1.807, 2.05) is 24.4 Å². The van der Waals surface area contributed by atoms with Crippen LogP contribution in [0.4, 0.5) is 5.69 Å². The van der Waals surface area contributed by atoms with Gasteiger partial charge in [-0.3, -0.25) is 14.2 Å². The van der Waals surface area contributed by atoms with E-state index in [0.29, 0.717) is 26.1 Å². The fourth-order valence-electron chi connectivity index (χ4n) is 2.19. The first-order valence-electron chi connectivity index (χ1n) is 7.09. The highest BCUT2D eigenvalue weighted by molar-refractivity contribution is 7.99. The Kier molecular flexibility index (Phi) is 4.93. The molecule has 0 fully saturated rings. The highest BCUT2D eigenvalue weighted by atomic mass is 35.5. The lowest BCUT2D eigenvalue weighted by atomic mass is 10.2. The number of thiophene rings is 1. The first-order chi connectivity index (χ1) is 11.5. The van der Waals surface area contributed by atoms with E-state index in [1.54, 1.807) is 19.2 Å². The van der Waals surface area contributed by atoms with Gasteiger partial charge in [0.1, 0.15) is 4.70 Å². The zero-order valence-corrected chi connectivity index (χ0v) is 15.4. The maximum atomic E-state index is 12.2. The number of rotatable bonds is 4. The van der Waals surface area contributed by atoms with Crippen LogP contribution in [0.2, 0.25) is 5.02 Å². The summed E-state index contributed by atoms with van der Waals surface area (Å²) >= 11 is 8.70. The van der Waals surface area contributed by atoms with Crippen LogP contribution in [0, 0.1) is 6.92 Å². The predicted octanol–water partition coefficient (Wildman–Crippen LogP) is 3.69. The molecule has 2 aromatic heterocycles. The summed E-state index contributed by atoms with van der Waals surface area (Å²) < 4.78 is 2.09. The van der Waals surface area contributed by atoms with Crippen molar-refractivity contribution in [1.29, 1.82) is 0 Å². The molecule has 2 heterocycles. The van der Waals surface area contributed by atoms with Crippen LogP contribution in [-0.2, 0) is 11.8 Å². The molecule has 1 N–H and O–H groups in total. The third-order valence-electron chi connectivity index (χ3n) is 3.47. The molecular weight excluding hydrogens is 366 g/mol. The standard InChI is InChI=1S/C16H14ClN3O2S2/c1-9-4-3-5-10(17)13(9)19-12(21)8-24-16-18-11-6-7-23-14(11)15(22)20(16)2/h3-7H,8H2,1-2H3,(H,19,21). The van der Waals surface area contributed by atoms with E-state index in [2.05, 4.69) is 10.3 Å². The fourth-order valence-corrected chi connectivity index (χ4v) is 4.04. The Labute approximate surface area is 151 Å². The second-order valence-electron chi connectivity index (χ2n) is 5.16. The summed E-state index contributed by atoms with van der Waals surface area (Å²) in [6, 6.07) is 7.24. The van der Waals surface area contributed by atoms with E-state index in [0.717, 1.165) is 5.56 Å². The van der Waals surface area contributed by atoms with Crippen LogP contribution < -0.4 is 10.9 Å². The van der Waals surface area contributed by atoms with Gasteiger partial charge in [0.25, 0.3) is 5.56 Å². The minimum atomic E-state index is -0.198. The molecule has 8 heteroatoms. The predicted molar refractivity (Wildman–Crippen MR) is 100 cm³/mol. The molecule has 3 rings (SSSR count). The van der Waals surface area contributed by atoms with Gasteiger partial charge in [0, 0.05) is 7.05 Å². The Hall–Kier alpha value is -1.83. The number of aromatic nitrogens is 2. The number of anilines is 1. The van der Waals surface area contributed by atoms with E-state index in [1.165, 1.54) is 27.7 Å². The Morgan fingerprint density at radius 2 is 2.21 bits per heavy atom. The van der Waals surface area contributed by atoms with Crippen LogP contribution in [0.25, 0.3) is 10.2 Å². The molecule has 0 saturated heterocycles. The molecule has 0 bridgehead atoms. The van der Waals surface area contributed by atoms with Crippen molar-refractivity contribution in [2.75, 3.05) is 11.1 Å². The smallest absolute Gasteiger partial charge is 0.271 e. The van der Waals surface area contributed by atoms with E-state index < -0.39 is 0 Å². The third kappa shape index (κ3) is 3.33. The zero-order chi connectivity index (χ0) is 17.3. The van der Waals surface area contributed by atoms with Crippen molar-refractivity contribution in [1.82, 2.24) is 9.55 Å². The SMILES string of the molecule is Cc1cccc(Cl)c1NC(=O)CSc1nc2ccsc2c(=O)n1C. The molecular formula is C16H14ClN3O2S2. The summed E-state index contributed by atoms with van der Waals surface area (Å²) in [7, 11) is 1.66. The molecule has 0 aliphatic rings.